The molecule has 0 saturated heterocycles. The second-order valence-corrected chi connectivity index (χ2v) is 4.00. The van der Waals surface area contributed by atoms with Crippen LogP contribution in [0.3, 0.4) is 0 Å². The molecule has 2 aromatic carbocycles. The topological polar surface area (TPSA) is 90.8 Å². The van der Waals surface area contributed by atoms with Crippen LogP contribution in [0.5, 0.6) is 5.75 Å². The first-order chi connectivity index (χ1) is 9.60. The molecule has 0 aliphatic heterocycles. The van der Waals surface area contributed by atoms with Crippen LogP contribution in [0.4, 0.5) is 11.4 Å². The van der Waals surface area contributed by atoms with E-state index in [2.05, 4.69) is 4.99 Å². The zero-order chi connectivity index (χ0) is 14.5. The van der Waals surface area contributed by atoms with Crippen LogP contribution in [0.15, 0.2) is 53.5 Å². The fourth-order valence-electron chi connectivity index (χ4n) is 1.64. The first-order valence-corrected chi connectivity index (χ1v) is 5.83. The summed E-state index contributed by atoms with van der Waals surface area (Å²) in [5.74, 6) is 0.941. The van der Waals surface area contributed by atoms with E-state index in [9.17, 15) is 10.1 Å². The lowest BCUT2D eigenvalue weighted by atomic mass is 10.2. The lowest BCUT2D eigenvalue weighted by molar-refractivity contribution is -0.384. The van der Waals surface area contributed by atoms with E-state index in [4.69, 9.17) is 10.5 Å². The van der Waals surface area contributed by atoms with Crippen LogP contribution in [-0.2, 0) is 0 Å². The van der Waals surface area contributed by atoms with Gasteiger partial charge in [0.25, 0.3) is 5.69 Å². The number of nitrogens with two attached hydrogens (primary N) is 1. The number of nitro benzene ring substituents is 1. The molecule has 0 bridgehead atoms. The molecule has 110 valence electrons. The first-order valence-electron chi connectivity index (χ1n) is 5.83. The molecule has 2 N–H and O–H groups in total. The highest BCUT2D eigenvalue weighted by atomic mass is 35.5. The van der Waals surface area contributed by atoms with Crippen molar-refractivity contribution in [3.05, 3.63) is 64.2 Å². The number of benzene rings is 2. The number of hydrogen-bond donors (Lipinski definition) is 1. The number of amidine groups is 1. The number of ether oxygens (including phenoxy) is 1. The van der Waals surface area contributed by atoms with Crippen LogP contribution in [-0.4, -0.2) is 17.9 Å². The predicted molar refractivity (Wildman–Crippen MR) is 83.7 cm³/mol. The summed E-state index contributed by atoms with van der Waals surface area (Å²) in [4.78, 5) is 14.5. The van der Waals surface area contributed by atoms with Gasteiger partial charge in [-0.3, -0.25) is 10.1 Å². The van der Waals surface area contributed by atoms with Crippen LogP contribution < -0.4 is 10.5 Å². The van der Waals surface area contributed by atoms with Gasteiger partial charge in [-0.2, -0.15) is 0 Å². The van der Waals surface area contributed by atoms with Gasteiger partial charge in [0.1, 0.15) is 11.6 Å². The van der Waals surface area contributed by atoms with Crippen molar-refractivity contribution in [2.45, 2.75) is 0 Å². The van der Waals surface area contributed by atoms with E-state index in [0.29, 0.717) is 11.3 Å². The molecule has 2 rings (SSSR count). The molecule has 0 spiro atoms. The molecule has 0 aromatic heterocycles. The van der Waals surface area contributed by atoms with E-state index in [0.717, 1.165) is 5.75 Å². The second kappa shape index (κ2) is 7.25. The predicted octanol–water partition coefficient (Wildman–Crippen LogP) is 3.06. The maximum atomic E-state index is 10.7. The standard InChI is InChI=1S/C14H13N3O3.ClH/c1-20-13-7-5-11(6-8-13)16-14(15)10-3-2-4-12(9-10)17(18)19;/h2-9H,1H3,(H2,15,16);1H. The summed E-state index contributed by atoms with van der Waals surface area (Å²) >= 11 is 0. The third-order valence-corrected chi connectivity index (χ3v) is 2.67. The lowest BCUT2D eigenvalue weighted by Crippen LogP contribution is -2.12. The molecule has 0 amide bonds. The minimum Gasteiger partial charge on any atom is -0.497 e. The van der Waals surface area contributed by atoms with E-state index in [1.54, 1.807) is 43.5 Å². The van der Waals surface area contributed by atoms with Crippen molar-refractivity contribution in [1.82, 2.24) is 0 Å². The smallest absolute Gasteiger partial charge is 0.270 e. The van der Waals surface area contributed by atoms with Gasteiger partial charge in [0.15, 0.2) is 0 Å². The molecule has 0 aliphatic carbocycles. The van der Waals surface area contributed by atoms with Crippen LogP contribution >= 0.6 is 12.4 Å². The summed E-state index contributed by atoms with van der Waals surface area (Å²) in [7, 11) is 1.58. The summed E-state index contributed by atoms with van der Waals surface area (Å²) < 4.78 is 5.05. The average molecular weight is 308 g/mol. The fourth-order valence-corrected chi connectivity index (χ4v) is 1.64. The van der Waals surface area contributed by atoms with E-state index in [1.165, 1.54) is 12.1 Å². The monoisotopic (exact) mass is 307 g/mol. The second-order valence-electron chi connectivity index (χ2n) is 4.00. The molecular weight excluding hydrogens is 294 g/mol. The van der Waals surface area contributed by atoms with Gasteiger partial charge in [-0.05, 0) is 24.3 Å². The Labute approximate surface area is 127 Å². The summed E-state index contributed by atoms with van der Waals surface area (Å²) in [6.07, 6.45) is 0. The third-order valence-electron chi connectivity index (χ3n) is 2.67. The van der Waals surface area contributed by atoms with E-state index in [-0.39, 0.29) is 23.9 Å². The number of nitro groups is 1. The molecule has 2 aromatic rings. The van der Waals surface area contributed by atoms with Crippen LogP contribution in [0.25, 0.3) is 0 Å². The van der Waals surface area contributed by atoms with E-state index < -0.39 is 4.92 Å². The molecule has 0 saturated carbocycles. The van der Waals surface area contributed by atoms with Crippen molar-refractivity contribution in [2.75, 3.05) is 7.11 Å². The Balaban J connectivity index is 0.00000220. The Morgan fingerprint density at radius 3 is 2.48 bits per heavy atom. The number of methoxy groups -OCH3 is 1. The Kier molecular flexibility index (Phi) is 5.68. The van der Waals surface area contributed by atoms with Gasteiger partial charge in [0.2, 0.25) is 0 Å². The lowest BCUT2D eigenvalue weighted by Gasteiger charge is -2.02. The number of hydrogen-bond acceptors (Lipinski definition) is 4. The maximum Gasteiger partial charge on any atom is 0.270 e. The van der Waals surface area contributed by atoms with E-state index >= 15 is 0 Å². The number of aliphatic imine (C=N–C) groups is 1. The van der Waals surface area contributed by atoms with Crippen molar-refractivity contribution in [1.29, 1.82) is 0 Å². The summed E-state index contributed by atoms with van der Waals surface area (Å²) in [6.45, 7) is 0. The zero-order valence-electron chi connectivity index (χ0n) is 11.2. The molecule has 0 fully saturated rings. The normalized spacial score (nSPS) is 10.6. The molecule has 6 nitrogen and oxygen atoms in total. The minimum atomic E-state index is -0.468. The SMILES string of the molecule is COc1ccc(N=C(N)c2cccc([N+](=O)[O-])c2)cc1.Cl. The van der Waals surface area contributed by atoms with E-state index in [1.807, 2.05) is 0 Å². The largest absolute Gasteiger partial charge is 0.497 e. The van der Waals surface area contributed by atoms with Gasteiger partial charge in [0, 0.05) is 17.7 Å². The van der Waals surface area contributed by atoms with Gasteiger partial charge in [-0.25, -0.2) is 4.99 Å². The number of non-ortho nitro benzene ring substituents is 1. The quantitative estimate of drug-likeness (QED) is 0.407. The summed E-state index contributed by atoms with van der Waals surface area (Å²) in [5.41, 5.74) is 7.00. The molecule has 7 heteroatoms. The van der Waals surface area contributed by atoms with Crippen LogP contribution in [0.1, 0.15) is 5.56 Å². The molecule has 0 heterocycles. The van der Waals surface area contributed by atoms with Crippen molar-refractivity contribution >= 4 is 29.6 Å². The van der Waals surface area contributed by atoms with Crippen molar-refractivity contribution in [3.8, 4) is 5.75 Å². The average Bonchev–Trinajstić information content (AvgIpc) is 2.48. The van der Waals surface area contributed by atoms with Gasteiger partial charge < -0.3 is 10.5 Å². The summed E-state index contributed by atoms with van der Waals surface area (Å²) in [5, 5.41) is 10.7. The Hall–Kier alpha value is -2.60. The fraction of sp³-hybridized carbons (Fsp3) is 0.0714. The minimum absolute atomic E-state index is 0. The summed E-state index contributed by atoms with van der Waals surface area (Å²) in [6, 6.07) is 13.1. The van der Waals surface area contributed by atoms with Gasteiger partial charge in [0.05, 0.1) is 17.7 Å². The number of halogens is 1. The Morgan fingerprint density at radius 2 is 1.90 bits per heavy atom. The zero-order valence-corrected chi connectivity index (χ0v) is 12.0. The third kappa shape index (κ3) is 4.19. The van der Waals surface area contributed by atoms with Crippen molar-refractivity contribution in [2.24, 2.45) is 10.7 Å². The van der Waals surface area contributed by atoms with Crippen molar-refractivity contribution < 1.29 is 9.66 Å². The highest BCUT2D eigenvalue weighted by molar-refractivity contribution is 5.99. The number of rotatable bonds is 4. The molecule has 0 atom stereocenters. The van der Waals surface area contributed by atoms with Gasteiger partial charge in [-0.15, -0.1) is 12.4 Å². The highest BCUT2D eigenvalue weighted by Crippen LogP contribution is 2.19. The van der Waals surface area contributed by atoms with Crippen molar-refractivity contribution in [3.63, 3.8) is 0 Å². The molecule has 0 aliphatic rings. The van der Waals surface area contributed by atoms with Gasteiger partial charge in [-0.1, -0.05) is 12.1 Å². The van der Waals surface area contributed by atoms with Crippen LogP contribution in [0, 0.1) is 10.1 Å². The molecule has 0 radical (unpaired) electrons. The molecular formula is C14H14ClN3O3. The highest BCUT2D eigenvalue weighted by Gasteiger charge is 2.07. The maximum absolute atomic E-state index is 10.7. The Bertz CT molecular complexity index is 657. The molecule has 21 heavy (non-hydrogen) atoms. The first kappa shape index (κ1) is 16.5. The Morgan fingerprint density at radius 1 is 1.24 bits per heavy atom. The number of nitrogens with zero attached hydrogens (tertiary/aromatic N) is 2. The van der Waals surface area contributed by atoms with Crippen LogP contribution in [0.2, 0.25) is 0 Å². The van der Waals surface area contributed by atoms with Gasteiger partial charge >= 0.3 is 0 Å². The molecule has 0 unspecified atom stereocenters.